The van der Waals surface area contributed by atoms with Crippen LogP contribution in [0, 0.1) is 17.0 Å². The van der Waals surface area contributed by atoms with Gasteiger partial charge in [0, 0.05) is 6.07 Å². The molecule has 0 amide bonds. The minimum absolute atomic E-state index is 0.0583. The van der Waals surface area contributed by atoms with E-state index in [2.05, 4.69) is 15.5 Å². The zero-order valence-corrected chi connectivity index (χ0v) is 7.86. The molecule has 0 atom stereocenters. The molecular formula is C8H7N5O2. The minimum Gasteiger partial charge on any atom is -0.258 e. The molecule has 76 valence electrons. The van der Waals surface area contributed by atoms with Gasteiger partial charge in [0.1, 0.15) is 6.33 Å². The molecule has 1 aromatic heterocycles. The fourth-order valence-corrected chi connectivity index (χ4v) is 1.33. The van der Waals surface area contributed by atoms with Gasteiger partial charge in [0.25, 0.3) is 5.69 Å². The Morgan fingerprint density at radius 2 is 2.27 bits per heavy atom. The maximum atomic E-state index is 10.7. The molecule has 0 spiro atoms. The van der Waals surface area contributed by atoms with E-state index in [1.807, 2.05) is 0 Å². The number of nitro benzene ring substituents is 1. The van der Waals surface area contributed by atoms with E-state index in [4.69, 9.17) is 0 Å². The van der Waals surface area contributed by atoms with Gasteiger partial charge in [-0.15, -0.1) is 5.10 Å². The van der Waals surface area contributed by atoms with E-state index in [1.165, 1.54) is 17.1 Å². The Morgan fingerprint density at radius 1 is 1.47 bits per heavy atom. The lowest BCUT2D eigenvalue weighted by molar-refractivity contribution is -0.385. The minimum atomic E-state index is -0.427. The van der Waals surface area contributed by atoms with Crippen LogP contribution in [0.5, 0.6) is 0 Å². The van der Waals surface area contributed by atoms with Gasteiger partial charge in [0.2, 0.25) is 0 Å². The van der Waals surface area contributed by atoms with Gasteiger partial charge in [0.05, 0.1) is 16.2 Å². The number of rotatable bonds is 2. The van der Waals surface area contributed by atoms with Crippen molar-refractivity contribution in [3.63, 3.8) is 0 Å². The number of nitrogens with zero attached hydrogens (tertiary/aromatic N) is 5. The Kier molecular flexibility index (Phi) is 2.13. The molecule has 2 aromatic rings. The smallest absolute Gasteiger partial charge is 0.258 e. The fraction of sp³-hybridized carbons (Fsp3) is 0.125. The van der Waals surface area contributed by atoms with Crippen molar-refractivity contribution in [2.75, 3.05) is 0 Å². The van der Waals surface area contributed by atoms with E-state index in [0.29, 0.717) is 11.3 Å². The molecule has 15 heavy (non-hydrogen) atoms. The molecular weight excluding hydrogens is 198 g/mol. The number of hydrogen-bond donors (Lipinski definition) is 0. The third kappa shape index (κ3) is 1.54. The molecule has 2 rings (SSSR count). The lowest BCUT2D eigenvalue weighted by Crippen LogP contribution is -2.01. The van der Waals surface area contributed by atoms with E-state index < -0.39 is 4.92 Å². The van der Waals surface area contributed by atoms with E-state index in [9.17, 15) is 10.1 Å². The lowest BCUT2D eigenvalue weighted by atomic mass is 10.1. The van der Waals surface area contributed by atoms with Crippen molar-refractivity contribution < 1.29 is 4.92 Å². The van der Waals surface area contributed by atoms with Crippen molar-refractivity contribution in [1.29, 1.82) is 0 Å². The zero-order valence-electron chi connectivity index (χ0n) is 7.86. The van der Waals surface area contributed by atoms with Crippen molar-refractivity contribution in [3.05, 3.63) is 40.2 Å². The SMILES string of the molecule is Cc1c(-n2cnnn2)cccc1[N+](=O)[O-]. The highest BCUT2D eigenvalue weighted by Gasteiger charge is 2.14. The summed E-state index contributed by atoms with van der Waals surface area (Å²) in [6, 6.07) is 4.77. The highest BCUT2D eigenvalue weighted by molar-refractivity contribution is 5.51. The average molecular weight is 205 g/mol. The number of tetrazole rings is 1. The van der Waals surface area contributed by atoms with Gasteiger partial charge >= 0.3 is 0 Å². The van der Waals surface area contributed by atoms with Gasteiger partial charge < -0.3 is 0 Å². The molecule has 0 aliphatic rings. The Morgan fingerprint density at radius 3 is 2.87 bits per heavy atom. The van der Waals surface area contributed by atoms with Crippen LogP contribution < -0.4 is 0 Å². The van der Waals surface area contributed by atoms with Crippen LogP contribution in [0.15, 0.2) is 24.5 Å². The third-order valence-corrected chi connectivity index (χ3v) is 2.07. The molecule has 0 fully saturated rings. The molecule has 0 saturated carbocycles. The molecule has 0 radical (unpaired) electrons. The van der Waals surface area contributed by atoms with Crippen molar-refractivity contribution in [1.82, 2.24) is 20.2 Å². The molecule has 7 heteroatoms. The third-order valence-electron chi connectivity index (χ3n) is 2.07. The molecule has 0 bridgehead atoms. The first-order valence-corrected chi connectivity index (χ1v) is 4.17. The van der Waals surface area contributed by atoms with Crippen molar-refractivity contribution in [2.24, 2.45) is 0 Å². The molecule has 0 aliphatic carbocycles. The summed E-state index contributed by atoms with van der Waals surface area (Å²) in [6.45, 7) is 1.66. The van der Waals surface area contributed by atoms with Crippen molar-refractivity contribution in [2.45, 2.75) is 6.92 Å². The number of aromatic nitrogens is 4. The molecule has 0 aliphatic heterocycles. The van der Waals surface area contributed by atoms with Crippen LogP contribution in [-0.4, -0.2) is 25.1 Å². The van der Waals surface area contributed by atoms with Crippen molar-refractivity contribution >= 4 is 5.69 Å². The van der Waals surface area contributed by atoms with Gasteiger partial charge in [-0.05, 0) is 23.4 Å². The molecule has 0 saturated heterocycles. The molecule has 1 aromatic carbocycles. The van der Waals surface area contributed by atoms with E-state index in [1.54, 1.807) is 19.1 Å². The van der Waals surface area contributed by atoms with Gasteiger partial charge in [0.15, 0.2) is 0 Å². The largest absolute Gasteiger partial charge is 0.274 e. The normalized spacial score (nSPS) is 10.2. The maximum absolute atomic E-state index is 10.7. The first-order valence-electron chi connectivity index (χ1n) is 4.17. The summed E-state index contributed by atoms with van der Waals surface area (Å²) in [5.74, 6) is 0. The maximum Gasteiger partial charge on any atom is 0.274 e. The summed E-state index contributed by atoms with van der Waals surface area (Å²) in [5, 5.41) is 21.3. The summed E-state index contributed by atoms with van der Waals surface area (Å²) in [4.78, 5) is 10.3. The number of hydrogen-bond acceptors (Lipinski definition) is 5. The van der Waals surface area contributed by atoms with Crippen LogP contribution in [0.4, 0.5) is 5.69 Å². The Hall–Kier alpha value is -2.31. The van der Waals surface area contributed by atoms with Gasteiger partial charge in [-0.25, -0.2) is 4.68 Å². The second-order valence-corrected chi connectivity index (χ2v) is 2.93. The van der Waals surface area contributed by atoms with Crippen LogP contribution in [0.2, 0.25) is 0 Å². The van der Waals surface area contributed by atoms with E-state index >= 15 is 0 Å². The Bertz CT molecular complexity index is 494. The number of nitro groups is 1. The van der Waals surface area contributed by atoms with E-state index in [-0.39, 0.29) is 5.69 Å². The van der Waals surface area contributed by atoms with Gasteiger partial charge in [-0.2, -0.15) is 0 Å². The highest BCUT2D eigenvalue weighted by Crippen LogP contribution is 2.22. The Balaban J connectivity index is 2.59. The summed E-state index contributed by atoms with van der Waals surface area (Å²) < 4.78 is 1.39. The van der Waals surface area contributed by atoms with Crippen LogP contribution >= 0.6 is 0 Å². The predicted octanol–water partition coefficient (Wildman–Crippen LogP) is 0.879. The average Bonchev–Trinajstić information content (AvgIpc) is 2.70. The van der Waals surface area contributed by atoms with Crippen LogP contribution in [-0.2, 0) is 0 Å². The zero-order chi connectivity index (χ0) is 10.8. The van der Waals surface area contributed by atoms with Gasteiger partial charge in [-0.3, -0.25) is 10.1 Å². The molecule has 7 nitrogen and oxygen atoms in total. The summed E-state index contributed by atoms with van der Waals surface area (Å²) in [5.41, 5.74) is 1.20. The first kappa shape index (κ1) is 9.25. The lowest BCUT2D eigenvalue weighted by Gasteiger charge is -2.03. The molecule has 1 heterocycles. The fourth-order valence-electron chi connectivity index (χ4n) is 1.33. The van der Waals surface area contributed by atoms with Gasteiger partial charge in [-0.1, -0.05) is 6.07 Å². The quantitative estimate of drug-likeness (QED) is 0.536. The summed E-state index contributed by atoms with van der Waals surface area (Å²) >= 11 is 0. The molecule has 0 N–H and O–H groups in total. The van der Waals surface area contributed by atoms with Crippen LogP contribution in [0.1, 0.15) is 5.56 Å². The van der Waals surface area contributed by atoms with E-state index in [0.717, 1.165) is 0 Å². The number of benzene rings is 1. The topological polar surface area (TPSA) is 86.7 Å². The standard InChI is InChI=1S/C8H7N5O2/c1-6-7(12-5-9-10-11-12)3-2-4-8(6)13(14)15/h2-5H,1H3. The summed E-state index contributed by atoms with van der Waals surface area (Å²) in [7, 11) is 0. The van der Waals surface area contributed by atoms with Crippen molar-refractivity contribution in [3.8, 4) is 5.69 Å². The first-order chi connectivity index (χ1) is 7.20. The highest BCUT2D eigenvalue weighted by atomic mass is 16.6. The second kappa shape index (κ2) is 3.45. The molecule has 0 unspecified atom stereocenters. The van der Waals surface area contributed by atoms with Crippen LogP contribution in [0.25, 0.3) is 5.69 Å². The Labute approximate surface area is 84.5 Å². The predicted molar refractivity (Wildman–Crippen MR) is 50.5 cm³/mol. The monoisotopic (exact) mass is 205 g/mol. The second-order valence-electron chi connectivity index (χ2n) is 2.93. The van der Waals surface area contributed by atoms with Crippen LogP contribution in [0.3, 0.4) is 0 Å². The summed E-state index contributed by atoms with van der Waals surface area (Å²) in [6.07, 6.45) is 1.39.